The minimum atomic E-state index is 0.886. The van der Waals surface area contributed by atoms with Crippen molar-refractivity contribution in [1.82, 2.24) is 19.8 Å². The van der Waals surface area contributed by atoms with Gasteiger partial charge in [0.05, 0.1) is 5.69 Å². The summed E-state index contributed by atoms with van der Waals surface area (Å²) in [6.07, 6.45) is 0.886. The largest absolute Gasteiger partial charge is 0.354 e. The zero-order valence-electron chi connectivity index (χ0n) is 17.4. The van der Waals surface area contributed by atoms with Gasteiger partial charge in [-0.15, -0.1) is 0 Å². The van der Waals surface area contributed by atoms with Gasteiger partial charge in [0.1, 0.15) is 11.6 Å². The van der Waals surface area contributed by atoms with Gasteiger partial charge < -0.3 is 9.80 Å². The second kappa shape index (κ2) is 7.73. The Labute approximate surface area is 173 Å². The summed E-state index contributed by atoms with van der Waals surface area (Å²) in [5, 5.41) is 2.67. The summed E-state index contributed by atoms with van der Waals surface area (Å²) in [7, 11) is 2.20. The van der Waals surface area contributed by atoms with Crippen LogP contribution >= 0.6 is 0 Å². The fourth-order valence-electron chi connectivity index (χ4n) is 4.57. The van der Waals surface area contributed by atoms with Crippen molar-refractivity contribution in [1.29, 1.82) is 0 Å². The van der Waals surface area contributed by atoms with Crippen LogP contribution in [0, 0.1) is 0 Å². The van der Waals surface area contributed by atoms with E-state index in [1.807, 2.05) is 0 Å². The number of aromatic nitrogens is 2. The van der Waals surface area contributed by atoms with E-state index in [9.17, 15) is 0 Å². The molecule has 1 saturated heterocycles. The number of hydrogen-bond acceptors (Lipinski definition) is 5. The number of benzene rings is 2. The Morgan fingerprint density at radius 1 is 0.897 bits per heavy atom. The van der Waals surface area contributed by atoms with E-state index in [0.717, 1.165) is 58.1 Å². The van der Waals surface area contributed by atoms with Crippen molar-refractivity contribution in [2.75, 3.05) is 38.1 Å². The van der Waals surface area contributed by atoms with E-state index in [1.165, 1.54) is 33.4 Å². The molecule has 0 aliphatic carbocycles. The number of likely N-dealkylation sites (N-methyl/N-ethyl adjacent to an activating group) is 1. The topological polar surface area (TPSA) is 35.5 Å². The average molecular weight is 388 g/mol. The smallest absolute Gasteiger partial charge is 0.137 e. The third-order valence-corrected chi connectivity index (χ3v) is 6.27. The standard InChI is InChI=1S/C24H29N5/c1-3-23-25-22-17-28(15-19-9-6-8-18-7-4-5-10-20(18)19)16-21(22)24(26-23)29-13-11-27(2)12-14-29/h4-10H,3,11-17H2,1-2H3. The molecule has 2 aromatic carbocycles. The molecule has 2 aliphatic heterocycles. The Hall–Kier alpha value is -2.50. The Balaban J connectivity index is 1.43. The van der Waals surface area contributed by atoms with Gasteiger partial charge >= 0.3 is 0 Å². The Morgan fingerprint density at radius 3 is 2.52 bits per heavy atom. The maximum absolute atomic E-state index is 4.97. The summed E-state index contributed by atoms with van der Waals surface area (Å²) in [5.74, 6) is 2.16. The molecule has 3 heterocycles. The van der Waals surface area contributed by atoms with Crippen LogP contribution in [-0.4, -0.2) is 53.0 Å². The van der Waals surface area contributed by atoms with Gasteiger partial charge in [-0.2, -0.15) is 0 Å². The molecule has 29 heavy (non-hydrogen) atoms. The van der Waals surface area contributed by atoms with Crippen LogP contribution in [0.3, 0.4) is 0 Å². The number of rotatable bonds is 4. The number of fused-ring (bicyclic) bond motifs is 2. The summed E-state index contributed by atoms with van der Waals surface area (Å²) in [6.45, 7) is 9.23. The van der Waals surface area contributed by atoms with Gasteiger partial charge in [-0.25, -0.2) is 9.97 Å². The molecule has 150 valence electrons. The first-order valence-electron chi connectivity index (χ1n) is 10.7. The number of aryl methyl sites for hydroxylation is 1. The summed E-state index contributed by atoms with van der Waals surface area (Å²) < 4.78 is 0. The zero-order chi connectivity index (χ0) is 19.8. The molecule has 0 spiro atoms. The van der Waals surface area contributed by atoms with Gasteiger partial charge in [0.15, 0.2) is 0 Å². The lowest BCUT2D eigenvalue weighted by molar-refractivity contribution is 0.274. The van der Waals surface area contributed by atoms with Gasteiger partial charge in [0, 0.05) is 57.8 Å². The number of hydrogen-bond donors (Lipinski definition) is 0. The highest BCUT2D eigenvalue weighted by Gasteiger charge is 2.28. The Morgan fingerprint density at radius 2 is 1.69 bits per heavy atom. The minimum Gasteiger partial charge on any atom is -0.354 e. The first-order chi connectivity index (χ1) is 14.2. The van der Waals surface area contributed by atoms with Crippen LogP contribution in [-0.2, 0) is 26.1 Å². The van der Waals surface area contributed by atoms with Crippen LogP contribution in [0.15, 0.2) is 42.5 Å². The predicted octanol–water partition coefficient (Wildman–Crippen LogP) is 3.46. The molecule has 0 amide bonds. The predicted molar refractivity (Wildman–Crippen MR) is 118 cm³/mol. The Bertz CT molecular complexity index is 1020. The zero-order valence-corrected chi connectivity index (χ0v) is 17.4. The lowest BCUT2D eigenvalue weighted by atomic mass is 10.0. The summed E-state index contributed by atoms with van der Waals surface area (Å²) in [4.78, 5) is 17.3. The number of piperazine rings is 1. The van der Waals surface area contributed by atoms with Crippen molar-refractivity contribution < 1.29 is 0 Å². The average Bonchev–Trinajstić information content (AvgIpc) is 3.16. The van der Waals surface area contributed by atoms with E-state index in [2.05, 4.69) is 71.1 Å². The van der Waals surface area contributed by atoms with Crippen LogP contribution in [0.2, 0.25) is 0 Å². The molecule has 3 aromatic rings. The molecular weight excluding hydrogens is 358 g/mol. The van der Waals surface area contributed by atoms with Crippen molar-refractivity contribution in [2.24, 2.45) is 0 Å². The number of anilines is 1. The summed E-state index contributed by atoms with van der Waals surface area (Å²) in [5.41, 5.74) is 3.96. The fraction of sp³-hybridized carbons (Fsp3) is 0.417. The summed E-state index contributed by atoms with van der Waals surface area (Å²) >= 11 is 0. The maximum Gasteiger partial charge on any atom is 0.137 e. The van der Waals surface area contributed by atoms with E-state index >= 15 is 0 Å². The highest BCUT2D eigenvalue weighted by molar-refractivity contribution is 5.85. The third kappa shape index (κ3) is 3.61. The molecule has 5 nitrogen and oxygen atoms in total. The molecule has 0 saturated carbocycles. The van der Waals surface area contributed by atoms with Gasteiger partial charge in [-0.05, 0) is 23.4 Å². The van der Waals surface area contributed by atoms with Crippen molar-refractivity contribution in [2.45, 2.75) is 33.0 Å². The monoisotopic (exact) mass is 387 g/mol. The first kappa shape index (κ1) is 18.5. The van der Waals surface area contributed by atoms with Gasteiger partial charge in [0.25, 0.3) is 0 Å². The highest BCUT2D eigenvalue weighted by atomic mass is 15.3. The molecule has 5 rings (SSSR count). The van der Waals surface area contributed by atoms with Gasteiger partial charge in [-0.1, -0.05) is 49.4 Å². The molecule has 0 unspecified atom stereocenters. The first-order valence-corrected chi connectivity index (χ1v) is 10.7. The minimum absolute atomic E-state index is 0.886. The SMILES string of the molecule is CCc1nc2c(c(N3CCN(C)CC3)n1)CN(Cc1cccc3ccccc13)C2. The van der Waals surface area contributed by atoms with Crippen molar-refractivity contribution in [3.63, 3.8) is 0 Å². The van der Waals surface area contributed by atoms with Crippen LogP contribution in [0.1, 0.15) is 29.6 Å². The van der Waals surface area contributed by atoms with Gasteiger partial charge in [-0.3, -0.25) is 4.90 Å². The fourth-order valence-corrected chi connectivity index (χ4v) is 4.57. The second-order valence-corrected chi connectivity index (χ2v) is 8.32. The lowest BCUT2D eigenvalue weighted by Gasteiger charge is -2.34. The molecule has 0 N–H and O–H groups in total. The molecule has 0 atom stereocenters. The van der Waals surface area contributed by atoms with E-state index in [0.29, 0.717) is 0 Å². The molecule has 0 radical (unpaired) electrons. The van der Waals surface area contributed by atoms with E-state index in [-0.39, 0.29) is 0 Å². The molecule has 0 bridgehead atoms. The lowest BCUT2D eigenvalue weighted by Crippen LogP contribution is -2.45. The van der Waals surface area contributed by atoms with Crippen molar-refractivity contribution in [3.05, 3.63) is 65.1 Å². The second-order valence-electron chi connectivity index (χ2n) is 8.32. The normalized spacial score (nSPS) is 17.8. The third-order valence-electron chi connectivity index (χ3n) is 6.27. The Kier molecular flexibility index (Phi) is 4.94. The van der Waals surface area contributed by atoms with Crippen molar-refractivity contribution in [3.8, 4) is 0 Å². The maximum atomic E-state index is 4.97. The molecule has 5 heteroatoms. The summed E-state index contributed by atoms with van der Waals surface area (Å²) in [6, 6.07) is 15.3. The molecule has 1 aromatic heterocycles. The molecule has 1 fully saturated rings. The van der Waals surface area contributed by atoms with E-state index in [4.69, 9.17) is 9.97 Å². The van der Waals surface area contributed by atoms with Crippen LogP contribution in [0.5, 0.6) is 0 Å². The van der Waals surface area contributed by atoms with Crippen LogP contribution in [0.4, 0.5) is 5.82 Å². The molecule has 2 aliphatic rings. The molecular formula is C24H29N5. The van der Waals surface area contributed by atoms with Crippen LogP contribution < -0.4 is 4.90 Å². The highest BCUT2D eigenvalue weighted by Crippen LogP contribution is 2.32. The van der Waals surface area contributed by atoms with Gasteiger partial charge in [0.2, 0.25) is 0 Å². The quantitative estimate of drug-likeness (QED) is 0.685. The van der Waals surface area contributed by atoms with E-state index < -0.39 is 0 Å². The van der Waals surface area contributed by atoms with Crippen LogP contribution in [0.25, 0.3) is 10.8 Å². The van der Waals surface area contributed by atoms with Crippen molar-refractivity contribution >= 4 is 16.6 Å². The number of nitrogens with zero attached hydrogens (tertiary/aromatic N) is 5. The van der Waals surface area contributed by atoms with E-state index in [1.54, 1.807) is 0 Å².